The molecule has 0 aliphatic heterocycles. The molecule has 0 aliphatic carbocycles. The summed E-state index contributed by atoms with van der Waals surface area (Å²) in [6.07, 6.45) is 4.02. The van der Waals surface area contributed by atoms with Crippen molar-refractivity contribution in [3.8, 4) is 23.0 Å². The Labute approximate surface area is 184 Å². The van der Waals surface area contributed by atoms with Crippen LogP contribution in [0.25, 0.3) is 12.2 Å². The van der Waals surface area contributed by atoms with Gasteiger partial charge in [0.1, 0.15) is 19.3 Å². The lowest BCUT2D eigenvalue weighted by Gasteiger charge is -2.10. The maximum Gasteiger partial charge on any atom is 0.330 e. The van der Waals surface area contributed by atoms with Gasteiger partial charge in [-0.15, -0.1) is 0 Å². The fourth-order valence-electron chi connectivity index (χ4n) is 2.43. The van der Waals surface area contributed by atoms with Crippen molar-refractivity contribution in [3.05, 3.63) is 59.7 Å². The number of benzene rings is 2. The summed E-state index contributed by atoms with van der Waals surface area (Å²) in [4.78, 5) is 23.5. The minimum absolute atomic E-state index is 0.0254. The molecule has 0 saturated carbocycles. The van der Waals surface area contributed by atoms with Crippen LogP contribution in [0.15, 0.2) is 48.6 Å². The fraction of sp³-hybridized carbons (Fsp3) is 0.217. The van der Waals surface area contributed by atoms with E-state index in [0.717, 1.165) is 12.2 Å². The average Bonchev–Trinajstić information content (AvgIpc) is 2.80. The predicted molar refractivity (Wildman–Crippen MR) is 115 cm³/mol. The smallest absolute Gasteiger partial charge is 0.330 e. The monoisotopic (exact) mass is 444 g/mol. The molecule has 0 saturated heterocycles. The van der Waals surface area contributed by atoms with Crippen LogP contribution in [0.2, 0.25) is 0 Å². The second-order valence-electron chi connectivity index (χ2n) is 6.44. The molecule has 0 radical (unpaired) electrons. The van der Waals surface area contributed by atoms with Gasteiger partial charge in [0.05, 0.1) is 14.2 Å². The lowest BCUT2D eigenvalue weighted by atomic mass is 10.2. The van der Waals surface area contributed by atoms with Gasteiger partial charge < -0.3 is 34.3 Å². The average molecular weight is 444 g/mol. The highest BCUT2D eigenvalue weighted by atomic mass is 16.6. The van der Waals surface area contributed by atoms with Gasteiger partial charge in [-0.3, -0.25) is 0 Å². The highest BCUT2D eigenvalue weighted by molar-refractivity contribution is 5.87. The highest BCUT2D eigenvalue weighted by Crippen LogP contribution is 2.27. The van der Waals surface area contributed by atoms with Crippen LogP contribution in [0.4, 0.5) is 0 Å². The van der Waals surface area contributed by atoms with Crippen LogP contribution >= 0.6 is 0 Å². The summed E-state index contributed by atoms with van der Waals surface area (Å²) < 4.78 is 19.8. The Morgan fingerprint density at radius 3 is 1.59 bits per heavy atom. The first-order valence-electron chi connectivity index (χ1n) is 9.44. The molecular weight excluding hydrogens is 420 g/mol. The van der Waals surface area contributed by atoms with E-state index < -0.39 is 18.0 Å². The number of ether oxygens (including phenoxy) is 4. The van der Waals surface area contributed by atoms with E-state index in [9.17, 15) is 24.9 Å². The van der Waals surface area contributed by atoms with Crippen LogP contribution in [-0.2, 0) is 19.1 Å². The number of aliphatic hydroxyl groups is 1. The van der Waals surface area contributed by atoms with Gasteiger partial charge in [-0.25, -0.2) is 9.59 Å². The number of carbonyl (C=O) groups is 2. The van der Waals surface area contributed by atoms with Crippen LogP contribution in [-0.4, -0.2) is 60.8 Å². The molecular formula is C23H24O9. The quantitative estimate of drug-likeness (QED) is 0.373. The van der Waals surface area contributed by atoms with Crippen LogP contribution in [0.5, 0.6) is 23.0 Å². The van der Waals surface area contributed by atoms with E-state index >= 15 is 0 Å². The Kier molecular flexibility index (Phi) is 9.12. The standard InChI is InChI=1S/C23H24O9/c1-29-20-11-15(3-7-18(20)25)5-9-22(27)31-13-17(24)14-32-23(28)10-6-16-4-8-19(26)21(12-16)30-2/h3-12,17,24-26H,13-14H2,1-2H3/b9-5+,10-6+. The summed E-state index contributed by atoms with van der Waals surface area (Å²) in [6.45, 7) is -0.734. The molecule has 0 unspecified atom stereocenters. The number of phenols is 2. The third-order valence-electron chi connectivity index (χ3n) is 4.07. The van der Waals surface area contributed by atoms with Gasteiger partial charge in [-0.2, -0.15) is 0 Å². The number of aromatic hydroxyl groups is 2. The zero-order valence-corrected chi connectivity index (χ0v) is 17.6. The molecule has 0 heterocycles. The van der Waals surface area contributed by atoms with E-state index in [1.54, 1.807) is 12.1 Å². The van der Waals surface area contributed by atoms with E-state index in [1.807, 2.05) is 0 Å². The molecule has 2 aromatic rings. The van der Waals surface area contributed by atoms with Crippen molar-refractivity contribution < 1.29 is 43.9 Å². The molecule has 2 aromatic carbocycles. The van der Waals surface area contributed by atoms with Crippen molar-refractivity contribution in [3.63, 3.8) is 0 Å². The molecule has 0 atom stereocenters. The van der Waals surface area contributed by atoms with Crippen molar-refractivity contribution in [2.24, 2.45) is 0 Å². The number of methoxy groups -OCH3 is 2. The van der Waals surface area contributed by atoms with E-state index in [0.29, 0.717) is 11.1 Å². The Balaban J connectivity index is 1.75. The van der Waals surface area contributed by atoms with E-state index in [-0.39, 0.29) is 36.2 Å². The third kappa shape index (κ3) is 7.69. The van der Waals surface area contributed by atoms with E-state index in [2.05, 4.69) is 0 Å². The fourth-order valence-corrected chi connectivity index (χ4v) is 2.43. The first kappa shape index (κ1) is 24.3. The number of carbonyl (C=O) groups excluding carboxylic acids is 2. The second kappa shape index (κ2) is 12.0. The number of rotatable bonds is 10. The number of hydrogen-bond donors (Lipinski definition) is 3. The maximum absolute atomic E-state index is 11.8. The Hall–Kier alpha value is -3.98. The van der Waals surface area contributed by atoms with Crippen molar-refractivity contribution >= 4 is 24.1 Å². The maximum atomic E-state index is 11.8. The number of aliphatic hydroxyl groups excluding tert-OH is 1. The highest BCUT2D eigenvalue weighted by Gasteiger charge is 2.10. The van der Waals surface area contributed by atoms with Crippen molar-refractivity contribution in [2.75, 3.05) is 27.4 Å². The van der Waals surface area contributed by atoms with Gasteiger partial charge >= 0.3 is 11.9 Å². The molecule has 32 heavy (non-hydrogen) atoms. The minimum atomic E-state index is -1.20. The molecule has 2 rings (SSSR count). The molecule has 0 amide bonds. The first-order valence-corrected chi connectivity index (χ1v) is 9.44. The van der Waals surface area contributed by atoms with Gasteiger partial charge in [-0.1, -0.05) is 12.1 Å². The van der Waals surface area contributed by atoms with Crippen molar-refractivity contribution in [2.45, 2.75) is 6.10 Å². The minimum Gasteiger partial charge on any atom is -0.504 e. The molecule has 9 nitrogen and oxygen atoms in total. The largest absolute Gasteiger partial charge is 0.504 e. The second-order valence-corrected chi connectivity index (χ2v) is 6.44. The third-order valence-corrected chi connectivity index (χ3v) is 4.07. The summed E-state index contributed by atoms with van der Waals surface area (Å²) in [6, 6.07) is 9.09. The number of hydrogen-bond acceptors (Lipinski definition) is 9. The molecule has 0 aliphatic rings. The summed E-state index contributed by atoms with van der Waals surface area (Å²) in [5.41, 5.74) is 1.20. The van der Waals surface area contributed by atoms with Crippen LogP contribution in [0.1, 0.15) is 11.1 Å². The number of esters is 2. The zero-order valence-electron chi connectivity index (χ0n) is 17.6. The van der Waals surface area contributed by atoms with E-state index in [1.165, 1.54) is 50.6 Å². The van der Waals surface area contributed by atoms with Gasteiger partial charge in [0.2, 0.25) is 0 Å². The lowest BCUT2D eigenvalue weighted by Crippen LogP contribution is -2.24. The Morgan fingerprint density at radius 2 is 1.22 bits per heavy atom. The molecule has 170 valence electrons. The SMILES string of the molecule is COc1cc(/C=C/C(=O)OCC(O)COC(=O)/C=C/c2ccc(O)c(OC)c2)ccc1O. The van der Waals surface area contributed by atoms with Crippen LogP contribution < -0.4 is 9.47 Å². The van der Waals surface area contributed by atoms with Crippen LogP contribution in [0, 0.1) is 0 Å². The summed E-state index contributed by atoms with van der Waals surface area (Å²) in [5.74, 6) is -0.940. The molecule has 0 fully saturated rings. The molecule has 0 bridgehead atoms. The summed E-state index contributed by atoms with van der Waals surface area (Å²) in [5, 5.41) is 28.9. The predicted octanol–water partition coefficient (Wildman–Crippen LogP) is 2.29. The number of phenolic OH excluding ortho intramolecular Hbond substituents is 2. The van der Waals surface area contributed by atoms with Gasteiger partial charge in [0, 0.05) is 12.2 Å². The first-order chi connectivity index (χ1) is 15.3. The van der Waals surface area contributed by atoms with Crippen molar-refractivity contribution in [1.29, 1.82) is 0 Å². The summed E-state index contributed by atoms with van der Waals surface area (Å²) in [7, 11) is 2.82. The van der Waals surface area contributed by atoms with Crippen molar-refractivity contribution in [1.82, 2.24) is 0 Å². The lowest BCUT2D eigenvalue weighted by molar-refractivity contribution is -0.146. The molecule has 3 N–H and O–H groups in total. The Morgan fingerprint density at radius 1 is 0.812 bits per heavy atom. The molecule has 9 heteroatoms. The zero-order chi connectivity index (χ0) is 23.5. The van der Waals surface area contributed by atoms with Crippen LogP contribution in [0.3, 0.4) is 0 Å². The van der Waals surface area contributed by atoms with Gasteiger partial charge in [-0.05, 0) is 47.5 Å². The van der Waals surface area contributed by atoms with Gasteiger partial charge in [0.25, 0.3) is 0 Å². The normalized spacial score (nSPS) is 11.1. The summed E-state index contributed by atoms with van der Waals surface area (Å²) >= 11 is 0. The molecule has 0 aromatic heterocycles. The topological polar surface area (TPSA) is 132 Å². The Bertz CT molecular complexity index is 915. The molecule has 0 spiro atoms. The van der Waals surface area contributed by atoms with E-state index in [4.69, 9.17) is 18.9 Å². The van der Waals surface area contributed by atoms with Gasteiger partial charge in [0.15, 0.2) is 23.0 Å².